The molecule has 0 unspecified atom stereocenters. The first-order chi connectivity index (χ1) is 4.84. The lowest BCUT2D eigenvalue weighted by Crippen LogP contribution is -1.91. The summed E-state index contributed by atoms with van der Waals surface area (Å²) in [4.78, 5) is 0. The van der Waals surface area contributed by atoms with Gasteiger partial charge in [0.2, 0.25) is 5.56 Å². The molecule has 0 N–H and O–H groups in total. The van der Waals surface area contributed by atoms with Crippen LogP contribution >= 0.6 is 11.6 Å². The molecule has 0 aliphatic carbocycles. The average Bonchev–Trinajstić information content (AvgIpc) is 2.05. The van der Waals surface area contributed by atoms with Gasteiger partial charge in [0.15, 0.2) is 0 Å². The number of rotatable bonds is 2. The summed E-state index contributed by atoms with van der Waals surface area (Å²) in [6.45, 7) is 0. The molecule has 53 valence electrons. The Labute approximate surface area is 65.6 Å². The summed E-state index contributed by atoms with van der Waals surface area (Å²) in [5, 5.41) is 0. The van der Waals surface area contributed by atoms with Crippen LogP contribution in [0.3, 0.4) is 0 Å². The van der Waals surface area contributed by atoms with Crippen molar-refractivity contribution in [2.75, 3.05) is 7.11 Å². The molecular formula is C8H8ClO. The lowest BCUT2D eigenvalue weighted by molar-refractivity contribution is 0.271. The van der Waals surface area contributed by atoms with E-state index < -0.39 is 0 Å². The zero-order valence-electron chi connectivity index (χ0n) is 5.67. The summed E-state index contributed by atoms with van der Waals surface area (Å²) >= 11 is 5.69. The van der Waals surface area contributed by atoms with E-state index in [0.717, 1.165) is 5.56 Å². The van der Waals surface area contributed by atoms with Gasteiger partial charge in [0, 0.05) is 12.7 Å². The molecule has 0 heterocycles. The summed E-state index contributed by atoms with van der Waals surface area (Å²) in [7, 11) is 1.55. The Morgan fingerprint density at radius 3 is 2.40 bits per heavy atom. The minimum absolute atomic E-state index is 0.431. The highest BCUT2D eigenvalue weighted by molar-refractivity contribution is 6.27. The van der Waals surface area contributed by atoms with Gasteiger partial charge in [0.25, 0.3) is 0 Å². The molecule has 1 aromatic carbocycles. The van der Waals surface area contributed by atoms with Crippen molar-refractivity contribution >= 4 is 11.6 Å². The standard InChI is InChI=1S/C8H8ClO/c1-10-8(9)7-5-3-2-4-6-7/h2-6H,1H3. The Hall–Kier alpha value is -0.530. The van der Waals surface area contributed by atoms with Crippen LogP contribution in [0.25, 0.3) is 0 Å². The Bertz CT molecular complexity index is 186. The van der Waals surface area contributed by atoms with Gasteiger partial charge in [-0.2, -0.15) is 0 Å². The van der Waals surface area contributed by atoms with Crippen LogP contribution in [0.1, 0.15) is 5.56 Å². The minimum Gasteiger partial charge on any atom is -0.355 e. The molecule has 1 rings (SSSR count). The Morgan fingerprint density at radius 1 is 1.30 bits per heavy atom. The first-order valence-electron chi connectivity index (χ1n) is 2.96. The SMILES string of the molecule is CO[C](Cl)c1ccccc1. The number of halogens is 1. The van der Waals surface area contributed by atoms with E-state index in [1.807, 2.05) is 30.3 Å². The maximum absolute atomic E-state index is 5.69. The third-order valence-electron chi connectivity index (χ3n) is 1.18. The summed E-state index contributed by atoms with van der Waals surface area (Å²) in [6, 6.07) is 9.55. The molecule has 0 saturated heterocycles. The summed E-state index contributed by atoms with van der Waals surface area (Å²) in [6.07, 6.45) is 0. The fraction of sp³-hybridized carbons (Fsp3) is 0.125. The molecule has 0 atom stereocenters. The lowest BCUT2D eigenvalue weighted by atomic mass is 10.2. The van der Waals surface area contributed by atoms with Gasteiger partial charge in [-0.1, -0.05) is 41.9 Å². The number of benzene rings is 1. The summed E-state index contributed by atoms with van der Waals surface area (Å²) in [5.74, 6) is 0. The lowest BCUT2D eigenvalue weighted by Gasteiger charge is -2.03. The van der Waals surface area contributed by atoms with Crippen molar-refractivity contribution in [2.45, 2.75) is 0 Å². The topological polar surface area (TPSA) is 9.23 Å². The summed E-state index contributed by atoms with van der Waals surface area (Å²) < 4.78 is 4.82. The van der Waals surface area contributed by atoms with Crippen LogP contribution in [0.15, 0.2) is 30.3 Å². The molecule has 0 aliphatic rings. The zero-order valence-corrected chi connectivity index (χ0v) is 6.43. The van der Waals surface area contributed by atoms with Crippen LogP contribution < -0.4 is 0 Å². The smallest absolute Gasteiger partial charge is 0.214 e. The van der Waals surface area contributed by atoms with E-state index in [2.05, 4.69) is 0 Å². The maximum atomic E-state index is 5.69. The van der Waals surface area contributed by atoms with E-state index in [9.17, 15) is 0 Å². The first-order valence-corrected chi connectivity index (χ1v) is 3.34. The van der Waals surface area contributed by atoms with Gasteiger partial charge in [-0.25, -0.2) is 0 Å². The highest BCUT2D eigenvalue weighted by atomic mass is 35.5. The molecule has 0 spiro atoms. The molecule has 0 aromatic heterocycles. The molecule has 0 saturated carbocycles. The normalized spacial score (nSPS) is 10.3. The van der Waals surface area contributed by atoms with Crippen LogP contribution in [0.5, 0.6) is 0 Å². The van der Waals surface area contributed by atoms with Crippen molar-refractivity contribution in [3.63, 3.8) is 0 Å². The molecule has 0 amide bonds. The van der Waals surface area contributed by atoms with Crippen LogP contribution in [0, 0.1) is 5.56 Å². The minimum atomic E-state index is 0.431. The maximum Gasteiger partial charge on any atom is 0.214 e. The van der Waals surface area contributed by atoms with Crippen LogP contribution in [0.2, 0.25) is 0 Å². The molecule has 0 bridgehead atoms. The van der Waals surface area contributed by atoms with Crippen LogP contribution in [0.4, 0.5) is 0 Å². The van der Waals surface area contributed by atoms with Gasteiger partial charge >= 0.3 is 0 Å². The number of ether oxygens (including phenoxy) is 1. The predicted molar refractivity (Wildman–Crippen MR) is 41.6 cm³/mol. The van der Waals surface area contributed by atoms with E-state index in [0.29, 0.717) is 5.56 Å². The van der Waals surface area contributed by atoms with Crippen LogP contribution in [-0.2, 0) is 4.74 Å². The van der Waals surface area contributed by atoms with Crippen molar-refractivity contribution in [3.8, 4) is 0 Å². The van der Waals surface area contributed by atoms with Gasteiger partial charge in [0.1, 0.15) is 0 Å². The van der Waals surface area contributed by atoms with Crippen molar-refractivity contribution in [2.24, 2.45) is 0 Å². The largest absolute Gasteiger partial charge is 0.355 e. The second-order valence-corrected chi connectivity index (χ2v) is 2.19. The third-order valence-corrected chi connectivity index (χ3v) is 1.55. The second-order valence-electron chi connectivity index (χ2n) is 1.84. The quantitative estimate of drug-likeness (QED) is 0.638. The van der Waals surface area contributed by atoms with Gasteiger partial charge in [-0.05, 0) is 0 Å². The molecule has 10 heavy (non-hydrogen) atoms. The predicted octanol–water partition coefficient (Wildman–Crippen LogP) is 2.41. The zero-order chi connectivity index (χ0) is 7.40. The van der Waals surface area contributed by atoms with E-state index in [1.165, 1.54) is 0 Å². The van der Waals surface area contributed by atoms with Crippen molar-refractivity contribution < 1.29 is 4.74 Å². The molecular weight excluding hydrogens is 148 g/mol. The van der Waals surface area contributed by atoms with Crippen LogP contribution in [-0.4, -0.2) is 7.11 Å². The molecule has 1 radical (unpaired) electrons. The molecule has 1 nitrogen and oxygen atoms in total. The summed E-state index contributed by atoms with van der Waals surface area (Å²) in [5.41, 5.74) is 1.34. The van der Waals surface area contributed by atoms with E-state index in [-0.39, 0.29) is 0 Å². The highest BCUT2D eigenvalue weighted by Gasteiger charge is 2.04. The van der Waals surface area contributed by atoms with Crippen molar-refractivity contribution in [1.29, 1.82) is 0 Å². The fourth-order valence-electron chi connectivity index (χ4n) is 0.687. The van der Waals surface area contributed by atoms with Gasteiger partial charge in [0.05, 0.1) is 0 Å². The Kier molecular flexibility index (Phi) is 2.72. The van der Waals surface area contributed by atoms with Crippen molar-refractivity contribution in [1.82, 2.24) is 0 Å². The first kappa shape index (κ1) is 7.58. The second kappa shape index (κ2) is 3.59. The third kappa shape index (κ3) is 1.72. The fourth-order valence-corrected chi connectivity index (χ4v) is 0.813. The van der Waals surface area contributed by atoms with E-state index in [1.54, 1.807) is 7.11 Å². The average molecular weight is 156 g/mol. The molecule has 2 heteroatoms. The number of hydrogen-bond donors (Lipinski definition) is 0. The van der Waals surface area contributed by atoms with Gasteiger partial charge in [-0.15, -0.1) is 0 Å². The molecule has 0 aliphatic heterocycles. The van der Waals surface area contributed by atoms with E-state index in [4.69, 9.17) is 16.3 Å². The van der Waals surface area contributed by atoms with Gasteiger partial charge in [-0.3, -0.25) is 0 Å². The number of hydrogen-bond acceptors (Lipinski definition) is 1. The van der Waals surface area contributed by atoms with Gasteiger partial charge < -0.3 is 4.74 Å². The molecule has 0 fully saturated rings. The van der Waals surface area contributed by atoms with E-state index >= 15 is 0 Å². The van der Waals surface area contributed by atoms with Crippen molar-refractivity contribution in [3.05, 3.63) is 41.5 Å². The molecule has 1 aromatic rings. The monoisotopic (exact) mass is 155 g/mol. The Morgan fingerprint density at radius 2 is 1.90 bits per heavy atom. The highest BCUT2D eigenvalue weighted by Crippen LogP contribution is 2.18. The Balaban J connectivity index is 2.75. The number of methoxy groups -OCH3 is 1.